The first-order valence-electron chi connectivity index (χ1n) is 12.0. The highest BCUT2D eigenvalue weighted by Gasteiger charge is 2.50. The number of hydrogen-bond donors (Lipinski definition) is 1. The molecule has 1 saturated carbocycles. The van der Waals surface area contributed by atoms with Crippen LogP contribution in [0.1, 0.15) is 55.8 Å². The fraction of sp³-hybridized carbons (Fsp3) is 0.429. The number of esters is 2. The van der Waals surface area contributed by atoms with Crippen LogP contribution in [0.5, 0.6) is 0 Å². The van der Waals surface area contributed by atoms with Crippen LogP contribution in [-0.2, 0) is 14.3 Å². The zero-order valence-electron chi connectivity index (χ0n) is 19.1. The van der Waals surface area contributed by atoms with E-state index >= 15 is 0 Å². The number of carbonyl (C=O) groups excluding carboxylic acids is 2. The molecule has 1 aliphatic heterocycles. The van der Waals surface area contributed by atoms with Gasteiger partial charge in [0.15, 0.2) is 0 Å². The molecule has 5 nitrogen and oxygen atoms in total. The molecule has 4 rings (SSSR count). The van der Waals surface area contributed by atoms with Crippen molar-refractivity contribution in [3.63, 3.8) is 0 Å². The van der Waals surface area contributed by atoms with Gasteiger partial charge in [0, 0.05) is 18.3 Å². The molecule has 0 bridgehead atoms. The SMILES string of the molecule is CCCCCC(O)/C=C/C1C(OC(=O)c2ccc(-c3ccccc3)cc2)CC2OC(=O)CC21. The predicted octanol–water partition coefficient (Wildman–Crippen LogP) is 5.33. The number of fused-ring (bicyclic) bond motifs is 1. The van der Waals surface area contributed by atoms with Gasteiger partial charge in [-0.15, -0.1) is 0 Å². The van der Waals surface area contributed by atoms with Gasteiger partial charge in [0.25, 0.3) is 0 Å². The first-order chi connectivity index (χ1) is 16.0. The van der Waals surface area contributed by atoms with E-state index in [1.54, 1.807) is 18.2 Å². The lowest BCUT2D eigenvalue weighted by atomic mass is 9.91. The summed E-state index contributed by atoms with van der Waals surface area (Å²) in [6.07, 6.45) is 7.26. The molecule has 0 spiro atoms. The van der Waals surface area contributed by atoms with Crippen LogP contribution in [0.25, 0.3) is 11.1 Å². The summed E-state index contributed by atoms with van der Waals surface area (Å²) < 4.78 is 11.4. The van der Waals surface area contributed by atoms with Gasteiger partial charge in [-0.25, -0.2) is 4.79 Å². The maximum Gasteiger partial charge on any atom is 0.338 e. The van der Waals surface area contributed by atoms with Crippen molar-refractivity contribution in [2.45, 2.75) is 63.8 Å². The molecule has 0 amide bonds. The Hall–Kier alpha value is -2.92. The number of aliphatic hydroxyl groups is 1. The molecule has 5 atom stereocenters. The van der Waals surface area contributed by atoms with Crippen molar-refractivity contribution in [1.82, 2.24) is 0 Å². The Balaban J connectivity index is 1.42. The van der Waals surface area contributed by atoms with Gasteiger partial charge in [0.1, 0.15) is 12.2 Å². The lowest BCUT2D eigenvalue weighted by Crippen LogP contribution is -2.25. The highest BCUT2D eigenvalue weighted by atomic mass is 16.6. The largest absolute Gasteiger partial charge is 0.462 e. The highest BCUT2D eigenvalue weighted by molar-refractivity contribution is 5.90. The van der Waals surface area contributed by atoms with Crippen molar-refractivity contribution in [2.75, 3.05) is 0 Å². The predicted molar refractivity (Wildman–Crippen MR) is 126 cm³/mol. The molecule has 5 heteroatoms. The van der Waals surface area contributed by atoms with E-state index < -0.39 is 6.10 Å². The number of ether oxygens (including phenoxy) is 2. The second-order valence-electron chi connectivity index (χ2n) is 9.04. The number of unbranched alkanes of at least 4 members (excludes halogenated alkanes) is 2. The number of aliphatic hydroxyl groups excluding tert-OH is 1. The molecule has 33 heavy (non-hydrogen) atoms. The van der Waals surface area contributed by atoms with Gasteiger partial charge in [-0.2, -0.15) is 0 Å². The van der Waals surface area contributed by atoms with Crippen LogP contribution in [0.4, 0.5) is 0 Å². The average Bonchev–Trinajstić information content (AvgIpc) is 3.33. The molecule has 0 radical (unpaired) electrons. The third-order valence-corrected chi connectivity index (χ3v) is 6.70. The molecule has 2 aliphatic rings. The second kappa shape index (κ2) is 10.8. The van der Waals surface area contributed by atoms with Gasteiger partial charge >= 0.3 is 11.9 Å². The highest BCUT2D eigenvalue weighted by Crippen LogP contribution is 2.43. The summed E-state index contributed by atoms with van der Waals surface area (Å²) in [5.74, 6) is -0.745. The van der Waals surface area contributed by atoms with E-state index in [2.05, 4.69) is 6.92 Å². The van der Waals surface area contributed by atoms with Gasteiger partial charge in [-0.3, -0.25) is 4.79 Å². The van der Waals surface area contributed by atoms with E-state index in [1.807, 2.05) is 48.5 Å². The fourth-order valence-corrected chi connectivity index (χ4v) is 4.88. The van der Waals surface area contributed by atoms with Gasteiger partial charge in [0.2, 0.25) is 0 Å². The number of carbonyl (C=O) groups is 2. The van der Waals surface area contributed by atoms with Crippen molar-refractivity contribution in [3.05, 3.63) is 72.3 Å². The van der Waals surface area contributed by atoms with Gasteiger partial charge in [-0.05, 0) is 29.7 Å². The third-order valence-electron chi connectivity index (χ3n) is 6.70. The van der Waals surface area contributed by atoms with Crippen LogP contribution >= 0.6 is 0 Å². The van der Waals surface area contributed by atoms with Crippen molar-refractivity contribution in [1.29, 1.82) is 0 Å². The van der Waals surface area contributed by atoms with Gasteiger partial charge in [-0.1, -0.05) is 80.8 Å². The minimum absolute atomic E-state index is 0.0187. The Labute approximate surface area is 195 Å². The Bertz CT molecular complexity index is 966. The molecule has 1 saturated heterocycles. The summed E-state index contributed by atoms with van der Waals surface area (Å²) in [6, 6.07) is 17.4. The van der Waals surface area contributed by atoms with Crippen LogP contribution in [0.2, 0.25) is 0 Å². The van der Waals surface area contributed by atoms with E-state index in [9.17, 15) is 14.7 Å². The van der Waals surface area contributed by atoms with Gasteiger partial charge < -0.3 is 14.6 Å². The lowest BCUT2D eigenvalue weighted by Gasteiger charge is -2.20. The standard InChI is InChI=1S/C28H32O5/c1-2-3-5-10-22(29)15-16-23-24-17-27(30)32-26(24)18-25(23)33-28(31)21-13-11-20(12-14-21)19-8-6-4-7-9-19/h4,6-9,11-16,22-26,29H,2-3,5,10,17-18H2,1H3/b16-15+. The Kier molecular flexibility index (Phi) is 7.61. The second-order valence-corrected chi connectivity index (χ2v) is 9.04. The fourth-order valence-electron chi connectivity index (χ4n) is 4.88. The number of rotatable bonds is 9. The van der Waals surface area contributed by atoms with Crippen molar-refractivity contribution >= 4 is 11.9 Å². The first-order valence-corrected chi connectivity index (χ1v) is 12.0. The van der Waals surface area contributed by atoms with Crippen LogP contribution in [-0.4, -0.2) is 35.4 Å². The molecule has 1 N–H and O–H groups in total. The molecular weight excluding hydrogens is 416 g/mol. The Morgan fingerprint density at radius 1 is 1.12 bits per heavy atom. The molecule has 0 aromatic heterocycles. The maximum atomic E-state index is 12.9. The quantitative estimate of drug-likeness (QED) is 0.319. The molecule has 1 aliphatic carbocycles. The third kappa shape index (κ3) is 5.72. The summed E-state index contributed by atoms with van der Waals surface area (Å²) in [4.78, 5) is 24.7. The molecule has 5 unspecified atom stereocenters. The van der Waals surface area contributed by atoms with E-state index in [-0.39, 0.29) is 36.0 Å². The monoisotopic (exact) mass is 448 g/mol. The van der Waals surface area contributed by atoms with Crippen LogP contribution in [0.15, 0.2) is 66.7 Å². The molecule has 2 aromatic rings. The van der Waals surface area contributed by atoms with E-state index in [4.69, 9.17) is 9.47 Å². The van der Waals surface area contributed by atoms with Crippen molar-refractivity contribution in [2.24, 2.45) is 11.8 Å². The lowest BCUT2D eigenvalue weighted by molar-refractivity contribution is -0.141. The molecular formula is C28H32O5. The molecule has 2 fully saturated rings. The van der Waals surface area contributed by atoms with E-state index in [0.717, 1.165) is 30.4 Å². The Morgan fingerprint density at radius 2 is 1.85 bits per heavy atom. The summed E-state index contributed by atoms with van der Waals surface area (Å²) in [5, 5.41) is 10.3. The van der Waals surface area contributed by atoms with Crippen molar-refractivity contribution < 1.29 is 24.2 Å². The minimum atomic E-state index is -0.532. The summed E-state index contributed by atoms with van der Waals surface area (Å²) in [5.41, 5.74) is 2.61. The Morgan fingerprint density at radius 3 is 2.58 bits per heavy atom. The van der Waals surface area contributed by atoms with E-state index in [1.165, 1.54) is 0 Å². The smallest absolute Gasteiger partial charge is 0.338 e. The average molecular weight is 449 g/mol. The molecule has 1 heterocycles. The van der Waals surface area contributed by atoms with Crippen LogP contribution < -0.4 is 0 Å². The zero-order chi connectivity index (χ0) is 23.2. The summed E-state index contributed by atoms with van der Waals surface area (Å²) >= 11 is 0. The zero-order valence-corrected chi connectivity index (χ0v) is 19.1. The number of hydrogen-bond acceptors (Lipinski definition) is 5. The van der Waals surface area contributed by atoms with Crippen LogP contribution in [0, 0.1) is 11.8 Å². The summed E-state index contributed by atoms with van der Waals surface area (Å²) in [6.45, 7) is 2.13. The van der Waals surface area contributed by atoms with Crippen molar-refractivity contribution in [3.8, 4) is 11.1 Å². The summed E-state index contributed by atoms with van der Waals surface area (Å²) in [7, 11) is 0. The van der Waals surface area contributed by atoms with Crippen LogP contribution in [0.3, 0.4) is 0 Å². The normalized spacial score (nSPS) is 25.1. The van der Waals surface area contributed by atoms with E-state index in [0.29, 0.717) is 24.8 Å². The maximum absolute atomic E-state index is 12.9. The molecule has 2 aromatic carbocycles. The van der Waals surface area contributed by atoms with Gasteiger partial charge in [0.05, 0.1) is 18.1 Å². The minimum Gasteiger partial charge on any atom is -0.462 e. The molecule has 174 valence electrons. The number of benzene rings is 2. The first kappa shape index (κ1) is 23.2. The topological polar surface area (TPSA) is 72.8 Å².